The van der Waals surface area contributed by atoms with Gasteiger partial charge in [0.25, 0.3) is 0 Å². The highest BCUT2D eigenvalue weighted by Gasteiger charge is 2.34. The molecule has 1 aliphatic rings. The maximum Gasteiger partial charge on any atom is 0.169 e. The predicted octanol–water partition coefficient (Wildman–Crippen LogP) is 3.94. The molecule has 1 saturated heterocycles. The highest BCUT2D eigenvalue weighted by atomic mass is 79.9. The molecule has 0 radical (unpaired) electrons. The molecule has 2 rings (SSSR count). The highest BCUT2D eigenvalue weighted by molar-refractivity contribution is 9.10. The fourth-order valence-electron chi connectivity index (χ4n) is 3.22. The Hall–Kier alpha value is -0.320. The summed E-state index contributed by atoms with van der Waals surface area (Å²) in [6, 6.07) is 4.20. The van der Waals surface area contributed by atoms with Gasteiger partial charge in [0.2, 0.25) is 0 Å². The largest absolute Gasteiger partial charge is 0.453 e. The van der Waals surface area contributed by atoms with Gasteiger partial charge in [0.05, 0.1) is 6.04 Å². The molecule has 0 aliphatic carbocycles. The van der Waals surface area contributed by atoms with E-state index in [4.69, 9.17) is 10.2 Å². The molecule has 1 aromatic rings. The van der Waals surface area contributed by atoms with Gasteiger partial charge in [-0.15, -0.1) is 0 Å². The summed E-state index contributed by atoms with van der Waals surface area (Å²) in [5.41, 5.74) is 6.52. The quantitative estimate of drug-likeness (QED) is 0.889. The molecule has 0 aromatic carbocycles. The Morgan fingerprint density at radius 2 is 1.95 bits per heavy atom. The molecule has 0 bridgehead atoms. The molecule has 0 spiro atoms. The maximum absolute atomic E-state index is 5.96. The van der Waals surface area contributed by atoms with Crippen LogP contribution < -0.4 is 5.73 Å². The first kappa shape index (κ1) is 15.1. The lowest BCUT2D eigenvalue weighted by atomic mass is 9.74. The SMILES string of the molecule is CCC1(CC)CCN(C(CN)c2ccc(Br)o2)CC1. The van der Waals surface area contributed by atoms with Gasteiger partial charge in [-0.25, -0.2) is 0 Å². The molecule has 108 valence electrons. The van der Waals surface area contributed by atoms with Crippen LogP contribution in [0.1, 0.15) is 51.3 Å². The van der Waals surface area contributed by atoms with Gasteiger partial charge in [-0.1, -0.05) is 26.7 Å². The molecule has 2 heterocycles. The van der Waals surface area contributed by atoms with E-state index in [-0.39, 0.29) is 6.04 Å². The van der Waals surface area contributed by atoms with E-state index < -0.39 is 0 Å². The average molecular weight is 329 g/mol. The Morgan fingerprint density at radius 3 is 2.37 bits per heavy atom. The number of halogens is 1. The van der Waals surface area contributed by atoms with Crippen LogP contribution in [-0.2, 0) is 0 Å². The Bertz CT molecular complexity index is 391. The van der Waals surface area contributed by atoms with Crippen molar-refractivity contribution in [3.05, 3.63) is 22.6 Å². The molecule has 1 aliphatic heterocycles. The van der Waals surface area contributed by atoms with Gasteiger partial charge < -0.3 is 10.2 Å². The molecule has 2 N–H and O–H groups in total. The second-order valence-electron chi connectivity index (χ2n) is 5.64. The summed E-state index contributed by atoms with van der Waals surface area (Å²) in [4.78, 5) is 2.48. The van der Waals surface area contributed by atoms with Crippen molar-refractivity contribution >= 4 is 15.9 Å². The Morgan fingerprint density at radius 1 is 1.32 bits per heavy atom. The van der Waals surface area contributed by atoms with E-state index >= 15 is 0 Å². The van der Waals surface area contributed by atoms with Crippen LogP contribution >= 0.6 is 15.9 Å². The monoisotopic (exact) mass is 328 g/mol. The van der Waals surface area contributed by atoms with E-state index in [9.17, 15) is 0 Å². The average Bonchev–Trinajstić information content (AvgIpc) is 2.87. The number of likely N-dealkylation sites (tertiary alicyclic amines) is 1. The third-order valence-corrected chi connectivity index (χ3v) is 5.37. The minimum absolute atomic E-state index is 0.220. The predicted molar refractivity (Wildman–Crippen MR) is 82.0 cm³/mol. The van der Waals surface area contributed by atoms with Crippen molar-refractivity contribution in [3.8, 4) is 0 Å². The Labute approximate surface area is 124 Å². The van der Waals surface area contributed by atoms with Crippen molar-refractivity contribution in [2.24, 2.45) is 11.1 Å². The summed E-state index contributed by atoms with van der Waals surface area (Å²) in [5, 5.41) is 0. The Balaban J connectivity index is 2.03. The first-order chi connectivity index (χ1) is 9.14. The van der Waals surface area contributed by atoms with E-state index in [0.29, 0.717) is 12.0 Å². The summed E-state index contributed by atoms with van der Waals surface area (Å²) in [6.07, 6.45) is 5.13. The lowest BCUT2D eigenvalue weighted by Gasteiger charge is -2.43. The van der Waals surface area contributed by atoms with Gasteiger partial charge in [-0.2, -0.15) is 0 Å². The van der Waals surface area contributed by atoms with E-state index in [1.807, 2.05) is 12.1 Å². The number of hydrogen-bond donors (Lipinski definition) is 1. The molecule has 4 heteroatoms. The summed E-state index contributed by atoms with van der Waals surface area (Å²) in [7, 11) is 0. The molecular formula is C15H25BrN2O. The van der Waals surface area contributed by atoms with Crippen LogP contribution in [0.4, 0.5) is 0 Å². The normalized spacial score (nSPS) is 21.5. The van der Waals surface area contributed by atoms with Crippen molar-refractivity contribution in [3.63, 3.8) is 0 Å². The van der Waals surface area contributed by atoms with Gasteiger partial charge in [0.1, 0.15) is 5.76 Å². The molecule has 1 fully saturated rings. The lowest BCUT2D eigenvalue weighted by molar-refractivity contribution is 0.0608. The van der Waals surface area contributed by atoms with E-state index in [1.165, 1.54) is 25.7 Å². The molecule has 3 nitrogen and oxygen atoms in total. The number of nitrogens with zero attached hydrogens (tertiary/aromatic N) is 1. The van der Waals surface area contributed by atoms with Gasteiger partial charge in [-0.3, -0.25) is 4.90 Å². The van der Waals surface area contributed by atoms with Crippen molar-refractivity contribution in [1.82, 2.24) is 4.90 Å². The van der Waals surface area contributed by atoms with Crippen LogP contribution in [0.25, 0.3) is 0 Å². The number of piperidine rings is 1. The molecule has 1 atom stereocenters. The topological polar surface area (TPSA) is 42.4 Å². The fourth-order valence-corrected chi connectivity index (χ4v) is 3.54. The van der Waals surface area contributed by atoms with Crippen LogP contribution in [0.2, 0.25) is 0 Å². The van der Waals surface area contributed by atoms with Gasteiger partial charge in [-0.05, 0) is 59.4 Å². The Kier molecular flexibility index (Phi) is 5.09. The highest BCUT2D eigenvalue weighted by Crippen LogP contribution is 2.40. The maximum atomic E-state index is 5.96. The third kappa shape index (κ3) is 3.23. The first-order valence-electron chi connectivity index (χ1n) is 7.33. The van der Waals surface area contributed by atoms with E-state index in [2.05, 4.69) is 34.7 Å². The zero-order valence-electron chi connectivity index (χ0n) is 12.0. The van der Waals surface area contributed by atoms with E-state index in [0.717, 1.165) is 23.5 Å². The van der Waals surface area contributed by atoms with Gasteiger partial charge >= 0.3 is 0 Å². The summed E-state index contributed by atoms with van der Waals surface area (Å²) < 4.78 is 6.48. The zero-order valence-corrected chi connectivity index (χ0v) is 13.6. The molecule has 0 saturated carbocycles. The van der Waals surface area contributed by atoms with Gasteiger partial charge in [0, 0.05) is 6.54 Å². The lowest BCUT2D eigenvalue weighted by Crippen LogP contribution is -2.43. The summed E-state index contributed by atoms with van der Waals surface area (Å²) >= 11 is 3.37. The number of nitrogens with two attached hydrogens (primary N) is 1. The smallest absolute Gasteiger partial charge is 0.169 e. The summed E-state index contributed by atoms with van der Waals surface area (Å²) in [5.74, 6) is 0.981. The van der Waals surface area contributed by atoms with Gasteiger partial charge in [0.15, 0.2) is 4.67 Å². The van der Waals surface area contributed by atoms with Crippen molar-refractivity contribution in [2.45, 2.75) is 45.6 Å². The third-order valence-electron chi connectivity index (χ3n) is 4.95. The first-order valence-corrected chi connectivity index (χ1v) is 8.13. The fraction of sp³-hybridized carbons (Fsp3) is 0.733. The minimum Gasteiger partial charge on any atom is -0.453 e. The number of furan rings is 1. The number of hydrogen-bond acceptors (Lipinski definition) is 3. The van der Waals surface area contributed by atoms with Crippen LogP contribution in [0.3, 0.4) is 0 Å². The molecule has 0 amide bonds. The van der Waals surface area contributed by atoms with Crippen molar-refractivity contribution in [1.29, 1.82) is 0 Å². The molecular weight excluding hydrogens is 304 g/mol. The zero-order chi connectivity index (χ0) is 13.9. The minimum atomic E-state index is 0.220. The van der Waals surface area contributed by atoms with Crippen molar-refractivity contribution in [2.75, 3.05) is 19.6 Å². The molecule has 1 unspecified atom stereocenters. The summed E-state index contributed by atoms with van der Waals surface area (Å²) in [6.45, 7) is 7.52. The van der Waals surface area contributed by atoms with Crippen LogP contribution in [0, 0.1) is 5.41 Å². The van der Waals surface area contributed by atoms with Crippen LogP contribution in [-0.4, -0.2) is 24.5 Å². The number of rotatable bonds is 5. The molecule has 1 aromatic heterocycles. The molecule has 19 heavy (non-hydrogen) atoms. The van der Waals surface area contributed by atoms with Crippen LogP contribution in [0.5, 0.6) is 0 Å². The standard InChI is InChI=1S/C15H25BrN2O/c1-3-15(4-2)7-9-18(10-8-15)12(11-17)13-5-6-14(16)19-13/h5-6,12H,3-4,7-11,17H2,1-2H3. The second-order valence-corrected chi connectivity index (χ2v) is 6.42. The van der Waals surface area contributed by atoms with Crippen molar-refractivity contribution < 1.29 is 4.42 Å². The second kappa shape index (κ2) is 6.42. The van der Waals surface area contributed by atoms with Crippen LogP contribution in [0.15, 0.2) is 21.2 Å². The van der Waals surface area contributed by atoms with E-state index in [1.54, 1.807) is 0 Å².